The van der Waals surface area contributed by atoms with Crippen LogP contribution in [0.4, 0.5) is 5.82 Å². The van der Waals surface area contributed by atoms with Crippen molar-refractivity contribution >= 4 is 54.0 Å². The Morgan fingerprint density at radius 1 is 1.22 bits per heavy atom. The van der Waals surface area contributed by atoms with E-state index in [0.717, 1.165) is 38.6 Å². The van der Waals surface area contributed by atoms with Crippen molar-refractivity contribution in [2.24, 2.45) is 17.6 Å². The molecule has 2 aliphatic rings. The minimum absolute atomic E-state index is 0. The summed E-state index contributed by atoms with van der Waals surface area (Å²) in [6.07, 6.45) is 6.79. The summed E-state index contributed by atoms with van der Waals surface area (Å²) in [5, 5.41) is 3.34. The maximum Gasteiger partial charge on any atom is 0.230 e. The number of nitrogens with one attached hydrogen (secondary N) is 1. The van der Waals surface area contributed by atoms with Crippen LogP contribution in [0.1, 0.15) is 38.5 Å². The van der Waals surface area contributed by atoms with Crippen molar-refractivity contribution in [3.8, 4) is 0 Å². The Bertz CT molecular complexity index is 630. The molecule has 1 aromatic rings. The fraction of sp³-hybridized carbons (Fsp3) is 0.611. The lowest BCUT2D eigenvalue weighted by Gasteiger charge is -2.33. The van der Waals surface area contributed by atoms with Gasteiger partial charge in [0.2, 0.25) is 11.8 Å². The Kier molecular flexibility index (Phi) is 9.81. The third kappa shape index (κ3) is 6.49. The molecule has 1 unspecified atom stereocenters. The van der Waals surface area contributed by atoms with Gasteiger partial charge < -0.3 is 16.0 Å². The molecule has 1 aliphatic carbocycles. The quantitative estimate of drug-likeness (QED) is 0.756. The zero-order valence-corrected chi connectivity index (χ0v) is 17.5. The average Bonchev–Trinajstić information content (AvgIpc) is 3.02. The zero-order valence-electron chi connectivity index (χ0n) is 15.1. The number of aromatic nitrogens is 1. The summed E-state index contributed by atoms with van der Waals surface area (Å²) in [4.78, 5) is 31.0. The van der Waals surface area contributed by atoms with Gasteiger partial charge in [-0.3, -0.25) is 9.59 Å². The number of nitrogens with zero attached hydrogens (tertiary/aromatic N) is 2. The molecule has 152 valence electrons. The number of carbonyl (C=O) groups is 2. The highest BCUT2D eigenvalue weighted by Crippen LogP contribution is 2.28. The normalized spacial score (nSPS) is 24.5. The van der Waals surface area contributed by atoms with Crippen molar-refractivity contribution in [1.82, 2.24) is 9.88 Å². The largest absolute Gasteiger partial charge is 0.342 e. The summed E-state index contributed by atoms with van der Waals surface area (Å²) in [5.41, 5.74) is 6.08. The first kappa shape index (κ1) is 24.0. The lowest BCUT2D eigenvalue weighted by Crippen LogP contribution is -2.44. The first-order valence-corrected chi connectivity index (χ1v) is 9.36. The Morgan fingerprint density at radius 2 is 2.00 bits per heavy atom. The molecule has 1 aromatic heterocycles. The summed E-state index contributed by atoms with van der Waals surface area (Å²) in [5.74, 6) is 0.608. The second kappa shape index (κ2) is 11.1. The van der Waals surface area contributed by atoms with Crippen LogP contribution in [0.3, 0.4) is 0 Å². The van der Waals surface area contributed by atoms with Gasteiger partial charge in [-0.15, -0.1) is 24.8 Å². The van der Waals surface area contributed by atoms with Crippen LogP contribution in [-0.2, 0) is 9.59 Å². The number of anilines is 1. The molecule has 0 radical (unpaired) electrons. The van der Waals surface area contributed by atoms with Gasteiger partial charge >= 0.3 is 0 Å². The van der Waals surface area contributed by atoms with Crippen LogP contribution in [0.15, 0.2) is 18.3 Å². The van der Waals surface area contributed by atoms with Gasteiger partial charge in [-0.2, -0.15) is 0 Å². The van der Waals surface area contributed by atoms with Crippen molar-refractivity contribution in [3.63, 3.8) is 0 Å². The van der Waals surface area contributed by atoms with Crippen LogP contribution in [-0.4, -0.2) is 40.8 Å². The molecule has 0 aromatic carbocycles. The van der Waals surface area contributed by atoms with Crippen LogP contribution in [0.5, 0.6) is 0 Å². The van der Waals surface area contributed by atoms with Crippen LogP contribution in [0.2, 0.25) is 5.02 Å². The molecule has 1 saturated heterocycles. The summed E-state index contributed by atoms with van der Waals surface area (Å²) >= 11 is 5.80. The molecule has 2 fully saturated rings. The molecule has 27 heavy (non-hydrogen) atoms. The second-order valence-electron chi connectivity index (χ2n) is 7.09. The number of rotatable bonds is 4. The molecule has 2 heterocycles. The standard InChI is InChI=1S/C18H25ClN4O2.2ClH/c19-14-6-7-16(21-10-14)22-18(25)13-4-2-8-23(11-13)17(24)9-12-3-1-5-15(12)20;;/h6-7,10,12-13,15H,1-5,8-9,11,20H2,(H,21,22,25);2*1H/t12-,13?,15+;;/m0../s1. The van der Waals surface area contributed by atoms with Gasteiger partial charge in [-0.05, 0) is 43.7 Å². The summed E-state index contributed by atoms with van der Waals surface area (Å²) < 4.78 is 0. The third-order valence-electron chi connectivity index (χ3n) is 5.28. The molecule has 9 heteroatoms. The monoisotopic (exact) mass is 436 g/mol. The fourth-order valence-corrected chi connectivity index (χ4v) is 3.88. The van der Waals surface area contributed by atoms with Gasteiger partial charge in [0, 0.05) is 31.7 Å². The average molecular weight is 438 g/mol. The third-order valence-corrected chi connectivity index (χ3v) is 5.50. The van der Waals surface area contributed by atoms with E-state index in [1.165, 1.54) is 6.20 Å². The predicted molar refractivity (Wildman–Crippen MR) is 112 cm³/mol. The molecule has 2 amide bonds. The molecule has 3 rings (SSSR count). The molecular weight excluding hydrogens is 411 g/mol. The van der Waals surface area contributed by atoms with Gasteiger partial charge in [0.1, 0.15) is 5.82 Å². The maximum absolute atomic E-state index is 12.6. The minimum Gasteiger partial charge on any atom is -0.342 e. The second-order valence-corrected chi connectivity index (χ2v) is 7.53. The fourth-order valence-electron chi connectivity index (χ4n) is 3.77. The number of pyridine rings is 1. The number of hydrogen-bond donors (Lipinski definition) is 2. The number of piperidine rings is 1. The van der Waals surface area contributed by atoms with E-state index < -0.39 is 0 Å². The van der Waals surface area contributed by atoms with E-state index in [4.69, 9.17) is 17.3 Å². The summed E-state index contributed by atoms with van der Waals surface area (Å²) in [6, 6.07) is 3.50. The highest BCUT2D eigenvalue weighted by atomic mass is 35.5. The predicted octanol–water partition coefficient (Wildman–Crippen LogP) is 3.27. The number of hydrogen-bond acceptors (Lipinski definition) is 4. The zero-order chi connectivity index (χ0) is 17.8. The van der Waals surface area contributed by atoms with Gasteiger partial charge in [-0.1, -0.05) is 18.0 Å². The van der Waals surface area contributed by atoms with E-state index in [-0.39, 0.29) is 48.6 Å². The number of carbonyl (C=O) groups excluding carboxylic acids is 2. The van der Waals surface area contributed by atoms with Crippen molar-refractivity contribution in [2.45, 2.75) is 44.6 Å². The van der Waals surface area contributed by atoms with Gasteiger partial charge in [0.05, 0.1) is 10.9 Å². The summed E-state index contributed by atoms with van der Waals surface area (Å²) in [7, 11) is 0. The molecule has 0 spiro atoms. The Labute approximate surface area is 177 Å². The number of likely N-dealkylation sites (tertiary alicyclic amines) is 1. The Balaban J connectivity index is 0.00000182. The van der Waals surface area contributed by atoms with Gasteiger partial charge in [0.15, 0.2) is 0 Å². The van der Waals surface area contributed by atoms with Crippen molar-refractivity contribution in [3.05, 3.63) is 23.4 Å². The van der Waals surface area contributed by atoms with Crippen molar-refractivity contribution in [2.75, 3.05) is 18.4 Å². The smallest absolute Gasteiger partial charge is 0.230 e. The van der Waals surface area contributed by atoms with Crippen molar-refractivity contribution < 1.29 is 9.59 Å². The molecule has 0 bridgehead atoms. The van der Waals surface area contributed by atoms with Gasteiger partial charge in [0.25, 0.3) is 0 Å². The number of amides is 2. The Morgan fingerprint density at radius 3 is 2.63 bits per heavy atom. The molecule has 1 saturated carbocycles. The van der Waals surface area contributed by atoms with Crippen molar-refractivity contribution in [1.29, 1.82) is 0 Å². The molecule has 1 aliphatic heterocycles. The first-order chi connectivity index (χ1) is 12.0. The molecular formula is C18H27Cl3N4O2. The van der Waals surface area contributed by atoms with Crippen LogP contribution < -0.4 is 11.1 Å². The first-order valence-electron chi connectivity index (χ1n) is 8.98. The SMILES string of the molecule is Cl.Cl.N[C@@H]1CCC[C@H]1CC(=O)N1CCCC(C(=O)Nc2ccc(Cl)cn2)C1. The van der Waals surface area contributed by atoms with Crippen LogP contribution in [0, 0.1) is 11.8 Å². The van der Waals surface area contributed by atoms with Crippen LogP contribution in [0.25, 0.3) is 0 Å². The van der Waals surface area contributed by atoms with E-state index in [2.05, 4.69) is 10.3 Å². The molecule has 6 nitrogen and oxygen atoms in total. The van der Waals surface area contributed by atoms with Crippen LogP contribution >= 0.6 is 36.4 Å². The van der Waals surface area contributed by atoms with E-state index in [0.29, 0.717) is 29.7 Å². The highest BCUT2D eigenvalue weighted by Gasteiger charge is 2.32. The van der Waals surface area contributed by atoms with E-state index in [1.54, 1.807) is 12.1 Å². The number of halogens is 3. The minimum atomic E-state index is -0.201. The number of nitrogens with two attached hydrogens (primary N) is 1. The maximum atomic E-state index is 12.6. The molecule has 3 N–H and O–H groups in total. The topological polar surface area (TPSA) is 88.3 Å². The lowest BCUT2D eigenvalue weighted by atomic mass is 9.94. The van der Waals surface area contributed by atoms with Gasteiger partial charge in [-0.25, -0.2) is 4.98 Å². The lowest BCUT2D eigenvalue weighted by molar-refractivity contribution is -0.135. The Hall–Kier alpha value is -1.08. The van der Waals surface area contributed by atoms with E-state index >= 15 is 0 Å². The molecule has 3 atom stereocenters. The van der Waals surface area contributed by atoms with E-state index in [9.17, 15) is 9.59 Å². The van der Waals surface area contributed by atoms with E-state index in [1.807, 2.05) is 4.90 Å². The highest BCUT2D eigenvalue weighted by molar-refractivity contribution is 6.30. The summed E-state index contributed by atoms with van der Waals surface area (Å²) in [6.45, 7) is 1.20.